The Morgan fingerprint density at radius 3 is 2.75 bits per heavy atom. The third-order valence-electron chi connectivity index (χ3n) is 5.63. The van der Waals surface area contributed by atoms with Crippen LogP contribution in [-0.4, -0.2) is 28.8 Å². The molecule has 126 valence electrons. The fourth-order valence-electron chi connectivity index (χ4n) is 3.93. The van der Waals surface area contributed by atoms with Gasteiger partial charge in [0.2, 0.25) is 5.91 Å². The van der Waals surface area contributed by atoms with E-state index in [2.05, 4.69) is 34.8 Å². The number of carbonyl (C=O) groups is 1. The number of nitrogens with one attached hydrogen (secondary N) is 2. The lowest BCUT2D eigenvalue weighted by Gasteiger charge is -2.24. The van der Waals surface area contributed by atoms with E-state index in [1.165, 1.54) is 0 Å². The molecule has 2 aliphatic rings. The maximum absolute atomic E-state index is 12.6. The number of hydrogen-bond donors (Lipinski definition) is 2. The largest absolute Gasteiger partial charge is 0.349 e. The van der Waals surface area contributed by atoms with Gasteiger partial charge in [-0.2, -0.15) is 5.10 Å². The maximum Gasteiger partial charge on any atom is 0.224 e. The zero-order valence-corrected chi connectivity index (χ0v) is 14.0. The Kier molecular flexibility index (Phi) is 3.88. The molecular formula is C19H24N4O. The third-order valence-corrected chi connectivity index (χ3v) is 5.63. The van der Waals surface area contributed by atoms with Crippen LogP contribution in [0.4, 0.5) is 0 Å². The maximum atomic E-state index is 12.6. The molecule has 1 saturated carbocycles. The molecule has 0 radical (unpaired) electrons. The van der Waals surface area contributed by atoms with Crippen molar-refractivity contribution in [3.05, 3.63) is 48.3 Å². The minimum Gasteiger partial charge on any atom is -0.349 e. The van der Waals surface area contributed by atoms with Crippen LogP contribution in [0, 0.1) is 11.3 Å². The fourth-order valence-corrected chi connectivity index (χ4v) is 3.93. The fraction of sp³-hybridized carbons (Fsp3) is 0.474. The first-order valence-electron chi connectivity index (χ1n) is 8.79. The number of rotatable bonds is 4. The normalized spacial score (nSPS) is 23.0. The van der Waals surface area contributed by atoms with E-state index in [4.69, 9.17) is 0 Å². The Balaban J connectivity index is 1.37. The van der Waals surface area contributed by atoms with Gasteiger partial charge in [-0.15, -0.1) is 0 Å². The Morgan fingerprint density at radius 2 is 2.08 bits per heavy atom. The van der Waals surface area contributed by atoms with Crippen LogP contribution in [0.2, 0.25) is 0 Å². The number of aromatic nitrogens is 2. The first-order chi connectivity index (χ1) is 11.7. The highest BCUT2D eigenvalue weighted by atomic mass is 16.2. The average Bonchev–Trinajstić information content (AvgIpc) is 3.05. The van der Waals surface area contributed by atoms with Crippen molar-refractivity contribution in [3.63, 3.8) is 0 Å². The molecule has 2 aromatic rings. The van der Waals surface area contributed by atoms with Crippen molar-refractivity contribution in [1.82, 2.24) is 20.4 Å². The van der Waals surface area contributed by atoms with Crippen molar-refractivity contribution in [3.8, 4) is 5.69 Å². The molecule has 1 aromatic carbocycles. The lowest BCUT2D eigenvalue weighted by molar-refractivity contribution is -0.123. The molecule has 1 aliphatic carbocycles. The van der Waals surface area contributed by atoms with Gasteiger partial charge >= 0.3 is 0 Å². The zero-order chi connectivity index (χ0) is 16.6. The van der Waals surface area contributed by atoms with Crippen molar-refractivity contribution in [2.45, 2.75) is 32.2 Å². The molecule has 24 heavy (non-hydrogen) atoms. The first kappa shape index (κ1) is 15.4. The van der Waals surface area contributed by atoms with E-state index >= 15 is 0 Å². The molecular weight excluding hydrogens is 300 g/mol. The van der Waals surface area contributed by atoms with Crippen LogP contribution in [0.1, 0.15) is 37.8 Å². The van der Waals surface area contributed by atoms with Crippen molar-refractivity contribution < 1.29 is 4.79 Å². The van der Waals surface area contributed by atoms with Gasteiger partial charge in [0.05, 0.1) is 11.7 Å². The summed E-state index contributed by atoms with van der Waals surface area (Å²) < 4.78 is 1.83. The summed E-state index contributed by atoms with van der Waals surface area (Å²) in [4.78, 5) is 12.6. The van der Waals surface area contributed by atoms with E-state index in [1.54, 1.807) is 6.20 Å². The summed E-state index contributed by atoms with van der Waals surface area (Å²) in [5.41, 5.74) is 2.44. The van der Waals surface area contributed by atoms with Crippen molar-refractivity contribution in [2.24, 2.45) is 11.3 Å². The second kappa shape index (κ2) is 6.06. The van der Waals surface area contributed by atoms with Crippen LogP contribution in [0.5, 0.6) is 0 Å². The molecule has 2 fully saturated rings. The topological polar surface area (TPSA) is 59.0 Å². The van der Waals surface area contributed by atoms with Gasteiger partial charge in [0.1, 0.15) is 0 Å². The van der Waals surface area contributed by atoms with E-state index in [-0.39, 0.29) is 17.9 Å². The molecule has 1 aromatic heterocycles. The molecule has 2 N–H and O–H groups in total. The Bertz CT molecular complexity index is 701. The van der Waals surface area contributed by atoms with Crippen LogP contribution in [0.25, 0.3) is 5.69 Å². The smallest absolute Gasteiger partial charge is 0.224 e. The van der Waals surface area contributed by atoms with Gasteiger partial charge in [-0.3, -0.25) is 4.79 Å². The Hall–Kier alpha value is -2.14. The molecule has 1 saturated heterocycles. The Labute approximate surface area is 142 Å². The number of carbonyl (C=O) groups excluding carboxylic acids is 1. The summed E-state index contributed by atoms with van der Waals surface area (Å²) >= 11 is 0. The quantitative estimate of drug-likeness (QED) is 0.908. The standard InChI is InChI=1S/C19H24N4O/c1-14(15-3-5-16(6-4-15)23-12-2-9-21-23)22-18(24)17-13-19(17)7-10-20-11-8-19/h2-6,9,12,14,17,20H,7-8,10-11,13H2,1H3,(H,22,24). The minimum atomic E-state index is 0.0311. The van der Waals surface area contributed by atoms with Gasteiger partial charge in [-0.05, 0) is 68.5 Å². The van der Waals surface area contributed by atoms with Crippen LogP contribution in [0.3, 0.4) is 0 Å². The highest BCUT2D eigenvalue weighted by molar-refractivity contribution is 5.83. The van der Waals surface area contributed by atoms with E-state index in [9.17, 15) is 4.79 Å². The molecule has 2 atom stereocenters. The number of amides is 1. The molecule has 1 spiro atoms. The predicted octanol–water partition coefficient (Wildman–Crippen LogP) is 2.44. The first-order valence-corrected chi connectivity index (χ1v) is 8.79. The third kappa shape index (κ3) is 2.84. The summed E-state index contributed by atoms with van der Waals surface area (Å²) in [6, 6.07) is 10.1. The molecule has 0 bridgehead atoms. The second-order valence-electron chi connectivity index (χ2n) is 7.14. The zero-order valence-electron chi connectivity index (χ0n) is 14.0. The van der Waals surface area contributed by atoms with Gasteiger partial charge in [0.25, 0.3) is 0 Å². The molecule has 2 heterocycles. The van der Waals surface area contributed by atoms with Gasteiger partial charge in [-0.25, -0.2) is 4.68 Å². The average molecular weight is 324 g/mol. The van der Waals surface area contributed by atoms with Crippen LogP contribution >= 0.6 is 0 Å². The van der Waals surface area contributed by atoms with E-state index in [1.807, 2.05) is 29.1 Å². The summed E-state index contributed by atoms with van der Waals surface area (Å²) in [5.74, 6) is 0.436. The van der Waals surface area contributed by atoms with Crippen molar-refractivity contribution in [1.29, 1.82) is 0 Å². The van der Waals surface area contributed by atoms with Crippen LogP contribution < -0.4 is 10.6 Å². The van der Waals surface area contributed by atoms with Crippen molar-refractivity contribution in [2.75, 3.05) is 13.1 Å². The van der Waals surface area contributed by atoms with Crippen LogP contribution in [0.15, 0.2) is 42.7 Å². The SMILES string of the molecule is CC(NC(=O)C1CC12CCNCC2)c1ccc(-n2cccn2)cc1. The van der Waals surface area contributed by atoms with Crippen molar-refractivity contribution >= 4 is 5.91 Å². The van der Waals surface area contributed by atoms with E-state index in [0.29, 0.717) is 5.41 Å². The van der Waals surface area contributed by atoms with Gasteiger partial charge in [0, 0.05) is 18.3 Å². The molecule has 2 unspecified atom stereocenters. The molecule has 5 heteroatoms. The number of nitrogens with zero attached hydrogens (tertiary/aromatic N) is 2. The van der Waals surface area contributed by atoms with Gasteiger partial charge in [-0.1, -0.05) is 12.1 Å². The van der Waals surface area contributed by atoms with E-state index in [0.717, 1.165) is 43.6 Å². The molecule has 5 nitrogen and oxygen atoms in total. The Morgan fingerprint density at radius 1 is 1.33 bits per heavy atom. The van der Waals surface area contributed by atoms with Crippen LogP contribution in [-0.2, 0) is 4.79 Å². The van der Waals surface area contributed by atoms with Gasteiger partial charge < -0.3 is 10.6 Å². The highest BCUT2D eigenvalue weighted by Crippen LogP contribution is 2.58. The minimum absolute atomic E-state index is 0.0311. The number of hydrogen-bond acceptors (Lipinski definition) is 3. The summed E-state index contributed by atoms with van der Waals surface area (Å²) in [6.07, 6.45) is 7.02. The number of piperidine rings is 1. The lowest BCUT2D eigenvalue weighted by Crippen LogP contribution is -2.34. The highest BCUT2D eigenvalue weighted by Gasteiger charge is 2.57. The van der Waals surface area contributed by atoms with Gasteiger partial charge in [0.15, 0.2) is 0 Å². The predicted molar refractivity (Wildman–Crippen MR) is 92.8 cm³/mol. The second-order valence-corrected chi connectivity index (χ2v) is 7.14. The number of benzene rings is 1. The molecule has 4 rings (SSSR count). The monoisotopic (exact) mass is 324 g/mol. The lowest BCUT2D eigenvalue weighted by atomic mass is 9.91. The summed E-state index contributed by atoms with van der Waals surface area (Å²) in [6.45, 7) is 4.15. The molecule has 1 amide bonds. The van der Waals surface area contributed by atoms with E-state index < -0.39 is 0 Å². The summed E-state index contributed by atoms with van der Waals surface area (Å²) in [5, 5.41) is 10.8. The molecule has 1 aliphatic heterocycles. The summed E-state index contributed by atoms with van der Waals surface area (Å²) in [7, 11) is 0.